The standard InChI is InChI=1S/C11H10N4O3/c1-7(16)13-11-12-6-10(14-11)8-2-4-9(5-3-8)15(17)18/h2-6H,1H3,(H2,12,13,14,16). The van der Waals surface area contributed by atoms with Crippen LogP contribution in [0.25, 0.3) is 11.3 Å². The Morgan fingerprint density at radius 3 is 2.61 bits per heavy atom. The summed E-state index contributed by atoms with van der Waals surface area (Å²) in [6, 6.07) is 6.05. The number of amides is 1. The van der Waals surface area contributed by atoms with E-state index in [1.807, 2.05) is 0 Å². The molecule has 7 nitrogen and oxygen atoms in total. The van der Waals surface area contributed by atoms with Crippen LogP contribution in [-0.4, -0.2) is 20.8 Å². The fraction of sp³-hybridized carbons (Fsp3) is 0.0909. The number of rotatable bonds is 3. The molecule has 1 amide bonds. The minimum absolute atomic E-state index is 0.0281. The number of non-ortho nitro benzene ring substituents is 1. The Hall–Kier alpha value is -2.70. The van der Waals surface area contributed by atoms with E-state index < -0.39 is 4.92 Å². The lowest BCUT2D eigenvalue weighted by Gasteiger charge is -1.97. The van der Waals surface area contributed by atoms with Crippen molar-refractivity contribution in [1.82, 2.24) is 9.97 Å². The van der Waals surface area contributed by atoms with Crippen molar-refractivity contribution in [3.05, 3.63) is 40.6 Å². The summed E-state index contributed by atoms with van der Waals surface area (Å²) in [5.41, 5.74) is 1.46. The molecular formula is C11H10N4O3. The van der Waals surface area contributed by atoms with Gasteiger partial charge in [0.1, 0.15) is 0 Å². The second-order valence-electron chi connectivity index (χ2n) is 3.63. The molecular weight excluding hydrogens is 236 g/mol. The number of nitro benzene ring substituents is 1. The van der Waals surface area contributed by atoms with E-state index in [1.54, 1.807) is 18.3 Å². The number of nitrogens with one attached hydrogen (secondary N) is 2. The van der Waals surface area contributed by atoms with E-state index in [-0.39, 0.29) is 11.6 Å². The van der Waals surface area contributed by atoms with Gasteiger partial charge in [0, 0.05) is 24.6 Å². The maximum absolute atomic E-state index is 10.8. The van der Waals surface area contributed by atoms with Crippen LogP contribution >= 0.6 is 0 Å². The lowest BCUT2D eigenvalue weighted by Crippen LogP contribution is -2.06. The molecule has 0 aliphatic rings. The van der Waals surface area contributed by atoms with Gasteiger partial charge in [-0.25, -0.2) is 4.98 Å². The molecule has 18 heavy (non-hydrogen) atoms. The van der Waals surface area contributed by atoms with Crippen molar-refractivity contribution in [2.45, 2.75) is 6.92 Å². The number of imidazole rings is 1. The van der Waals surface area contributed by atoms with Gasteiger partial charge in [-0.3, -0.25) is 20.2 Å². The van der Waals surface area contributed by atoms with Crippen LogP contribution in [0.4, 0.5) is 11.6 Å². The molecule has 2 aromatic rings. The number of nitrogens with zero attached hydrogens (tertiary/aromatic N) is 2. The van der Waals surface area contributed by atoms with Gasteiger partial charge < -0.3 is 4.98 Å². The number of carbonyl (C=O) groups excluding carboxylic acids is 1. The summed E-state index contributed by atoms with van der Waals surface area (Å²) in [5, 5.41) is 13.0. The quantitative estimate of drug-likeness (QED) is 0.638. The van der Waals surface area contributed by atoms with Crippen molar-refractivity contribution in [3.63, 3.8) is 0 Å². The number of benzene rings is 1. The van der Waals surface area contributed by atoms with E-state index in [1.165, 1.54) is 19.1 Å². The van der Waals surface area contributed by atoms with Crippen molar-refractivity contribution in [2.24, 2.45) is 0 Å². The second kappa shape index (κ2) is 4.66. The highest BCUT2D eigenvalue weighted by Gasteiger charge is 2.07. The molecule has 2 N–H and O–H groups in total. The monoisotopic (exact) mass is 246 g/mol. The zero-order chi connectivity index (χ0) is 13.1. The third-order valence-electron chi connectivity index (χ3n) is 2.26. The molecule has 2 rings (SSSR count). The highest BCUT2D eigenvalue weighted by atomic mass is 16.6. The van der Waals surface area contributed by atoms with Gasteiger partial charge in [-0.2, -0.15) is 0 Å². The molecule has 7 heteroatoms. The molecule has 0 atom stereocenters. The SMILES string of the molecule is CC(=O)Nc1ncc(-c2ccc([N+](=O)[O-])cc2)[nH]1. The molecule has 1 aromatic heterocycles. The van der Waals surface area contributed by atoms with Crippen LogP contribution in [-0.2, 0) is 4.79 Å². The van der Waals surface area contributed by atoms with Crippen molar-refractivity contribution in [1.29, 1.82) is 0 Å². The van der Waals surface area contributed by atoms with Gasteiger partial charge in [-0.15, -0.1) is 0 Å². The Bertz CT molecular complexity index is 589. The first-order chi connectivity index (χ1) is 8.56. The van der Waals surface area contributed by atoms with Crippen molar-refractivity contribution < 1.29 is 9.72 Å². The second-order valence-corrected chi connectivity index (χ2v) is 3.63. The summed E-state index contributed by atoms with van der Waals surface area (Å²) in [6.45, 7) is 1.38. The van der Waals surface area contributed by atoms with E-state index in [4.69, 9.17) is 0 Å². The summed E-state index contributed by atoms with van der Waals surface area (Å²) in [6.07, 6.45) is 1.55. The average Bonchev–Trinajstić information content (AvgIpc) is 2.76. The molecule has 0 spiro atoms. The molecule has 1 aromatic carbocycles. The van der Waals surface area contributed by atoms with Gasteiger partial charge in [0.25, 0.3) is 5.69 Å². The molecule has 0 saturated carbocycles. The highest BCUT2D eigenvalue weighted by Crippen LogP contribution is 2.21. The Kier molecular flexibility index (Phi) is 3.05. The zero-order valence-corrected chi connectivity index (χ0v) is 9.51. The van der Waals surface area contributed by atoms with E-state index >= 15 is 0 Å². The maximum atomic E-state index is 10.8. The first-order valence-electron chi connectivity index (χ1n) is 5.13. The lowest BCUT2D eigenvalue weighted by molar-refractivity contribution is -0.384. The minimum Gasteiger partial charge on any atom is -0.324 e. The zero-order valence-electron chi connectivity index (χ0n) is 9.51. The Morgan fingerprint density at radius 1 is 1.39 bits per heavy atom. The first kappa shape index (κ1) is 11.8. The number of H-pyrrole nitrogens is 1. The third-order valence-corrected chi connectivity index (χ3v) is 2.26. The predicted octanol–water partition coefficient (Wildman–Crippen LogP) is 1.94. The number of aromatic nitrogens is 2. The fourth-order valence-electron chi connectivity index (χ4n) is 1.46. The van der Waals surface area contributed by atoms with Crippen LogP contribution in [0, 0.1) is 10.1 Å². The topological polar surface area (TPSA) is 101 Å². The summed E-state index contributed by atoms with van der Waals surface area (Å²) < 4.78 is 0. The van der Waals surface area contributed by atoms with Crippen LogP contribution < -0.4 is 5.32 Å². The highest BCUT2D eigenvalue weighted by molar-refractivity contribution is 5.87. The van der Waals surface area contributed by atoms with Crippen LogP contribution in [0.1, 0.15) is 6.92 Å². The van der Waals surface area contributed by atoms with E-state index in [0.29, 0.717) is 11.6 Å². The number of anilines is 1. The van der Waals surface area contributed by atoms with E-state index in [9.17, 15) is 14.9 Å². The van der Waals surface area contributed by atoms with Gasteiger partial charge in [0.2, 0.25) is 11.9 Å². The summed E-state index contributed by atoms with van der Waals surface area (Å²) >= 11 is 0. The van der Waals surface area contributed by atoms with Crippen molar-refractivity contribution in [3.8, 4) is 11.3 Å². The van der Waals surface area contributed by atoms with Gasteiger partial charge in [-0.05, 0) is 12.1 Å². The minimum atomic E-state index is -0.459. The summed E-state index contributed by atoms with van der Waals surface area (Å²) in [5.74, 6) is 0.121. The molecule has 0 unspecified atom stereocenters. The van der Waals surface area contributed by atoms with Crippen LogP contribution in [0.15, 0.2) is 30.5 Å². The van der Waals surface area contributed by atoms with Gasteiger partial charge in [0.15, 0.2) is 0 Å². The molecule has 0 aliphatic carbocycles. The van der Waals surface area contributed by atoms with Gasteiger partial charge in [0.05, 0.1) is 16.8 Å². The van der Waals surface area contributed by atoms with E-state index in [0.717, 1.165) is 5.56 Å². The smallest absolute Gasteiger partial charge is 0.269 e. The normalized spacial score (nSPS) is 10.1. The molecule has 0 bridgehead atoms. The molecule has 0 aliphatic heterocycles. The van der Waals surface area contributed by atoms with E-state index in [2.05, 4.69) is 15.3 Å². The van der Waals surface area contributed by atoms with Crippen LogP contribution in [0.5, 0.6) is 0 Å². The van der Waals surface area contributed by atoms with Crippen LogP contribution in [0.3, 0.4) is 0 Å². The summed E-state index contributed by atoms with van der Waals surface area (Å²) in [7, 11) is 0. The van der Waals surface area contributed by atoms with Gasteiger partial charge >= 0.3 is 0 Å². The molecule has 0 fully saturated rings. The fourth-order valence-corrected chi connectivity index (χ4v) is 1.46. The average molecular weight is 246 g/mol. The number of hydrogen-bond donors (Lipinski definition) is 2. The maximum Gasteiger partial charge on any atom is 0.269 e. The third kappa shape index (κ3) is 2.51. The van der Waals surface area contributed by atoms with Gasteiger partial charge in [-0.1, -0.05) is 0 Å². The lowest BCUT2D eigenvalue weighted by atomic mass is 10.1. The van der Waals surface area contributed by atoms with Crippen LogP contribution in [0.2, 0.25) is 0 Å². The Labute approximate surface area is 102 Å². The van der Waals surface area contributed by atoms with Crippen molar-refractivity contribution >= 4 is 17.5 Å². The first-order valence-corrected chi connectivity index (χ1v) is 5.13. The molecule has 1 heterocycles. The largest absolute Gasteiger partial charge is 0.324 e. The number of carbonyl (C=O) groups is 1. The predicted molar refractivity (Wildman–Crippen MR) is 65.0 cm³/mol. The number of aromatic amines is 1. The molecule has 0 radical (unpaired) electrons. The van der Waals surface area contributed by atoms with Crippen molar-refractivity contribution in [2.75, 3.05) is 5.32 Å². The Balaban J connectivity index is 2.23. The number of nitro groups is 1. The molecule has 0 saturated heterocycles. The molecule has 92 valence electrons. The summed E-state index contributed by atoms with van der Waals surface area (Å²) in [4.78, 5) is 27.8. The Morgan fingerprint density at radius 2 is 2.06 bits per heavy atom. The number of hydrogen-bond acceptors (Lipinski definition) is 4.